The number of hydrazine groups is 1. The van der Waals surface area contributed by atoms with Crippen LogP contribution < -0.4 is 10.9 Å². The van der Waals surface area contributed by atoms with E-state index in [9.17, 15) is 19.2 Å². The molecule has 3 rings (SSSR count). The van der Waals surface area contributed by atoms with Gasteiger partial charge in [-0.2, -0.15) is 0 Å². The molecule has 2 N–H and O–H groups in total. The van der Waals surface area contributed by atoms with Gasteiger partial charge in [0.05, 0.1) is 11.1 Å². The van der Waals surface area contributed by atoms with Gasteiger partial charge in [-0.15, -0.1) is 0 Å². The van der Waals surface area contributed by atoms with Gasteiger partial charge in [0, 0.05) is 30.9 Å². The van der Waals surface area contributed by atoms with Crippen molar-refractivity contribution >= 4 is 23.6 Å². The molecular formula is C17H14N4O4. The van der Waals surface area contributed by atoms with E-state index in [4.69, 9.17) is 0 Å². The van der Waals surface area contributed by atoms with Gasteiger partial charge in [0.2, 0.25) is 5.91 Å². The second kappa shape index (κ2) is 6.91. The summed E-state index contributed by atoms with van der Waals surface area (Å²) in [6.07, 6.45) is 2.79. The van der Waals surface area contributed by atoms with Crippen molar-refractivity contribution in [3.8, 4) is 0 Å². The van der Waals surface area contributed by atoms with Crippen LogP contribution in [0.2, 0.25) is 0 Å². The first-order chi connectivity index (χ1) is 12.1. The van der Waals surface area contributed by atoms with Crippen LogP contribution in [0, 0.1) is 0 Å². The number of hydrogen-bond acceptors (Lipinski definition) is 5. The quantitative estimate of drug-likeness (QED) is 0.624. The van der Waals surface area contributed by atoms with E-state index in [1.54, 1.807) is 24.3 Å². The van der Waals surface area contributed by atoms with Gasteiger partial charge in [-0.25, -0.2) is 0 Å². The van der Waals surface area contributed by atoms with Gasteiger partial charge in [0.25, 0.3) is 17.7 Å². The normalized spacial score (nSPS) is 12.7. The van der Waals surface area contributed by atoms with Gasteiger partial charge in [-0.3, -0.25) is 39.9 Å². The predicted molar refractivity (Wildman–Crippen MR) is 86.3 cm³/mol. The lowest BCUT2D eigenvalue weighted by molar-refractivity contribution is -0.121. The molecule has 0 spiro atoms. The van der Waals surface area contributed by atoms with E-state index in [-0.39, 0.29) is 13.0 Å². The Morgan fingerprint density at radius 2 is 1.52 bits per heavy atom. The van der Waals surface area contributed by atoms with E-state index in [1.807, 2.05) is 0 Å². The highest BCUT2D eigenvalue weighted by molar-refractivity contribution is 6.21. The molecule has 1 aromatic carbocycles. The Morgan fingerprint density at radius 3 is 2.12 bits per heavy atom. The molecule has 8 nitrogen and oxygen atoms in total. The van der Waals surface area contributed by atoms with Crippen molar-refractivity contribution < 1.29 is 19.2 Å². The molecule has 0 saturated carbocycles. The van der Waals surface area contributed by atoms with E-state index < -0.39 is 23.6 Å². The molecule has 1 aliphatic heterocycles. The van der Waals surface area contributed by atoms with Gasteiger partial charge >= 0.3 is 0 Å². The van der Waals surface area contributed by atoms with Gasteiger partial charge in [-0.05, 0) is 24.3 Å². The summed E-state index contributed by atoms with van der Waals surface area (Å²) in [5.74, 6) is -1.85. The topological polar surface area (TPSA) is 108 Å². The fourth-order valence-electron chi connectivity index (χ4n) is 2.42. The highest BCUT2D eigenvalue weighted by Gasteiger charge is 2.34. The summed E-state index contributed by atoms with van der Waals surface area (Å²) in [6, 6.07) is 9.50. The average Bonchev–Trinajstić information content (AvgIpc) is 2.89. The molecule has 4 amide bonds. The Balaban J connectivity index is 1.51. The Morgan fingerprint density at radius 1 is 0.920 bits per heavy atom. The molecule has 8 heteroatoms. The van der Waals surface area contributed by atoms with Crippen LogP contribution in [0.25, 0.3) is 0 Å². The van der Waals surface area contributed by atoms with Crippen LogP contribution in [-0.2, 0) is 4.79 Å². The van der Waals surface area contributed by atoms with Crippen molar-refractivity contribution in [2.45, 2.75) is 6.42 Å². The van der Waals surface area contributed by atoms with Gasteiger partial charge < -0.3 is 0 Å². The number of aromatic nitrogens is 1. The fraction of sp³-hybridized carbons (Fsp3) is 0.118. The summed E-state index contributed by atoms with van der Waals surface area (Å²) in [7, 11) is 0. The SMILES string of the molecule is O=C(CCN1C(=O)c2ccccc2C1=O)NNC(=O)c1ccncc1. The second-order valence-corrected chi connectivity index (χ2v) is 5.30. The lowest BCUT2D eigenvalue weighted by Crippen LogP contribution is -2.43. The molecule has 2 aromatic rings. The number of imide groups is 1. The van der Waals surface area contributed by atoms with Crippen molar-refractivity contribution in [1.29, 1.82) is 0 Å². The molecule has 0 aliphatic carbocycles. The molecule has 1 aliphatic rings. The number of hydrogen-bond donors (Lipinski definition) is 2. The van der Waals surface area contributed by atoms with Crippen molar-refractivity contribution in [3.63, 3.8) is 0 Å². The molecule has 0 saturated heterocycles. The smallest absolute Gasteiger partial charge is 0.269 e. The van der Waals surface area contributed by atoms with Crippen LogP contribution in [-0.4, -0.2) is 40.1 Å². The largest absolute Gasteiger partial charge is 0.274 e. The van der Waals surface area contributed by atoms with Gasteiger partial charge in [-0.1, -0.05) is 12.1 Å². The van der Waals surface area contributed by atoms with E-state index in [0.717, 1.165) is 4.90 Å². The van der Waals surface area contributed by atoms with Crippen LogP contribution in [0.15, 0.2) is 48.8 Å². The minimum Gasteiger partial charge on any atom is -0.274 e. The lowest BCUT2D eigenvalue weighted by atomic mass is 10.1. The van der Waals surface area contributed by atoms with Crippen molar-refractivity contribution in [2.75, 3.05) is 6.54 Å². The van der Waals surface area contributed by atoms with E-state index in [1.165, 1.54) is 24.5 Å². The van der Waals surface area contributed by atoms with E-state index in [2.05, 4.69) is 15.8 Å². The number of amides is 4. The molecule has 0 bridgehead atoms. The number of rotatable bonds is 4. The Bertz CT molecular complexity index is 816. The third-order valence-corrected chi connectivity index (χ3v) is 3.70. The maximum absolute atomic E-state index is 12.2. The average molecular weight is 338 g/mol. The number of pyridine rings is 1. The molecule has 2 heterocycles. The van der Waals surface area contributed by atoms with Crippen LogP contribution in [0.3, 0.4) is 0 Å². The summed E-state index contributed by atoms with van der Waals surface area (Å²) >= 11 is 0. The lowest BCUT2D eigenvalue weighted by Gasteiger charge is -2.13. The number of fused-ring (bicyclic) bond motifs is 1. The Kier molecular flexibility index (Phi) is 4.51. The molecule has 0 atom stereocenters. The summed E-state index contributed by atoms with van der Waals surface area (Å²) in [6.45, 7) is -0.0662. The summed E-state index contributed by atoms with van der Waals surface area (Å²) in [5.41, 5.74) is 5.51. The fourth-order valence-corrected chi connectivity index (χ4v) is 2.42. The molecule has 126 valence electrons. The third-order valence-electron chi connectivity index (χ3n) is 3.70. The highest BCUT2D eigenvalue weighted by atomic mass is 16.2. The zero-order chi connectivity index (χ0) is 17.8. The van der Waals surface area contributed by atoms with Crippen LogP contribution in [0.4, 0.5) is 0 Å². The minimum atomic E-state index is -0.515. The maximum Gasteiger partial charge on any atom is 0.269 e. The molecule has 0 fully saturated rings. The minimum absolute atomic E-state index is 0.0662. The Labute approximate surface area is 142 Å². The first kappa shape index (κ1) is 16.3. The summed E-state index contributed by atoms with van der Waals surface area (Å²) < 4.78 is 0. The zero-order valence-electron chi connectivity index (χ0n) is 13.1. The first-order valence-corrected chi connectivity index (χ1v) is 7.52. The van der Waals surface area contributed by atoms with Crippen molar-refractivity contribution in [2.24, 2.45) is 0 Å². The molecule has 0 unspecified atom stereocenters. The molecule has 0 radical (unpaired) electrons. The molecule has 1 aromatic heterocycles. The number of carbonyl (C=O) groups excluding carboxylic acids is 4. The summed E-state index contributed by atoms with van der Waals surface area (Å²) in [5, 5.41) is 0. The maximum atomic E-state index is 12.2. The van der Waals surface area contributed by atoms with Crippen LogP contribution in [0.1, 0.15) is 37.5 Å². The van der Waals surface area contributed by atoms with E-state index >= 15 is 0 Å². The van der Waals surface area contributed by atoms with Gasteiger partial charge in [0.1, 0.15) is 0 Å². The van der Waals surface area contributed by atoms with E-state index in [0.29, 0.717) is 16.7 Å². The number of benzene rings is 1. The number of nitrogens with zero attached hydrogens (tertiary/aromatic N) is 2. The van der Waals surface area contributed by atoms with Gasteiger partial charge in [0.15, 0.2) is 0 Å². The highest BCUT2D eigenvalue weighted by Crippen LogP contribution is 2.22. The van der Waals surface area contributed by atoms with Crippen LogP contribution >= 0.6 is 0 Å². The summed E-state index contributed by atoms with van der Waals surface area (Å²) in [4.78, 5) is 52.8. The number of nitrogens with one attached hydrogen (secondary N) is 2. The van der Waals surface area contributed by atoms with Crippen molar-refractivity contribution in [1.82, 2.24) is 20.7 Å². The zero-order valence-corrected chi connectivity index (χ0v) is 13.1. The van der Waals surface area contributed by atoms with Crippen molar-refractivity contribution in [3.05, 3.63) is 65.5 Å². The predicted octanol–water partition coefficient (Wildman–Crippen LogP) is 0.529. The Hall–Kier alpha value is -3.55. The standard InChI is InChI=1S/C17H14N4O4/c22-14(19-20-15(23)11-5-8-18-9-6-11)7-10-21-16(24)12-3-1-2-4-13(12)17(21)25/h1-6,8-9H,7,10H2,(H,19,22)(H,20,23). The number of carbonyl (C=O) groups is 4. The monoisotopic (exact) mass is 338 g/mol. The molecule has 25 heavy (non-hydrogen) atoms. The molecular weight excluding hydrogens is 324 g/mol. The van der Waals surface area contributed by atoms with Crippen LogP contribution in [0.5, 0.6) is 0 Å². The third kappa shape index (κ3) is 3.37. The second-order valence-electron chi connectivity index (χ2n) is 5.30. The first-order valence-electron chi connectivity index (χ1n) is 7.52.